The van der Waals surface area contributed by atoms with E-state index in [4.69, 9.17) is 16.2 Å². The van der Waals surface area contributed by atoms with Gasteiger partial charge in [0.2, 0.25) is 0 Å². The van der Waals surface area contributed by atoms with E-state index in [2.05, 4.69) is 20.2 Å². The Labute approximate surface area is 166 Å². The second-order valence-corrected chi connectivity index (χ2v) is 7.84. The molecule has 3 aromatic heterocycles. The Hall–Kier alpha value is -2.91. The van der Waals surface area contributed by atoms with Crippen molar-refractivity contribution in [3.63, 3.8) is 0 Å². The first-order valence-electron chi connectivity index (χ1n) is 9.04. The van der Waals surface area contributed by atoms with E-state index >= 15 is 0 Å². The number of fused-ring (bicyclic) bond motifs is 1. The third kappa shape index (κ3) is 3.46. The van der Waals surface area contributed by atoms with Crippen LogP contribution in [0.3, 0.4) is 0 Å². The molecular weight excluding hydrogens is 376 g/mol. The lowest BCUT2D eigenvalue weighted by Crippen LogP contribution is -2.43. The second-order valence-electron chi connectivity index (χ2n) is 6.76. The predicted octanol–water partition coefficient (Wildman–Crippen LogP) is 2.46. The number of thiophene rings is 1. The minimum absolute atomic E-state index is 0.126. The topological polar surface area (TPSA) is 119 Å². The summed E-state index contributed by atoms with van der Waals surface area (Å²) in [6.07, 6.45) is 6.97. The molecule has 1 saturated heterocycles. The lowest BCUT2D eigenvalue weighted by atomic mass is 10.1. The van der Waals surface area contributed by atoms with Crippen molar-refractivity contribution in [3.05, 3.63) is 36.3 Å². The number of carbonyl (C=O) groups excluding carboxylic acids is 1. The molecule has 1 atom stereocenters. The number of carbonyl (C=O) groups is 1. The predicted molar refractivity (Wildman–Crippen MR) is 112 cm³/mol. The number of amides is 1. The molecule has 1 unspecified atom stereocenters. The standard InChI is InChI=1S/C19H22N6O2S/c1-27-12-7-15-17(23-8-12)16(18(21)28-15)19(26)24-13-9-22-5-4-14(13)25-6-2-3-11(20)10-25/h4-5,7-9,11H,2-3,6,10,20-21H2,1H3,(H,24,26). The minimum Gasteiger partial charge on any atom is -0.495 e. The Balaban J connectivity index is 1.65. The van der Waals surface area contributed by atoms with Gasteiger partial charge in [-0.25, -0.2) is 0 Å². The largest absolute Gasteiger partial charge is 0.495 e. The zero-order chi connectivity index (χ0) is 19.7. The van der Waals surface area contributed by atoms with Gasteiger partial charge >= 0.3 is 0 Å². The summed E-state index contributed by atoms with van der Waals surface area (Å²) in [6.45, 7) is 1.64. The number of anilines is 3. The van der Waals surface area contributed by atoms with E-state index in [-0.39, 0.29) is 11.9 Å². The van der Waals surface area contributed by atoms with Crippen LogP contribution < -0.4 is 26.4 Å². The van der Waals surface area contributed by atoms with Gasteiger partial charge in [-0.3, -0.25) is 14.8 Å². The van der Waals surface area contributed by atoms with E-state index in [1.54, 1.807) is 25.7 Å². The summed E-state index contributed by atoms with van der Waals surface area (Å²) >= 11 is 1.31. The monoisotopic (exact) mass is 398 g/mol. The van der Waals surface area contributed by atoms with Crippen molar-refractivity contribution < 1.29 is 9.53 Å². The molecule has 0 bridgehead atoms. The van der Waals surface area contributed by atoms with Crippen LogP contribution in [-0.2, 0) is 0 Å². The molecule has 0 saturated carbocycles. The maximum atomic E-state index is 13.0. The van der Waals surface area contributed by atoms with Gasteiger partial charge in [-0.05, 0) is 18.9 Å². The summed E-state index contributed by atoms with van der Waals surface area (Å²) in [5.74, 6) is 0.314. The highest BCUT2D eigenvalue weighted by atomic mass is 32.1. The first-order chi connectivity index (χ1) is 13.6. The van der Waals surface area contributed by atoms with E-state index in [0.29, 0.717) is 27.5 Å². The molecule has 5 N–H and O–H groups in total. The number of ether oxygens (including phenoxy) is 1. The summed E-state index contributed by atoms with van der Waals surface area (Å²) in [7, 11) is 1.57. The molecule has 0 radical (unpaired) electrons. The third-order valence-electron chi connectivity index (χ3n) is 4.84. The Morgan fingerprint density at radius 2 is 2.29 bits per heavy atom. The summed E-state index contributed by atoms with van der Waals surface area (Å²) in [6, 6.07) is 3.84. The van der Waals surface area contributed by atoms with Crippen LogP contribution in [0.5, 0.6) is 5.75 Å². The maximum Gasteiger partial charge on any atom is 0.260 e. The van der Waals surface area contributed by atoms with Crippen LogP contribution in [0.2, 0.25) is 0 Å². The fourth-order valence-corrected chi connectivity index (χ4v) is 4.44. The van der Waals surface area contributed by atoms with E-state index in [9.17, 15) is 4.79 Å². The molecule has 8 nitrogen and oxygen atoms in total. The number of nitrogen functional groups attached to an aromatic ring is 1. The quantitative estimate of drug-likeness (QED) is 0.617. The van der Waals surface area contributed by atoms with Crippen LogP contribution in [-0.4, -0.2) is 42.1 Å². The number of pyridine rings is 2. The van der Waals surface area contributed by atoms with Gasteiger partial charge in [0.05, 0.1) is 41.1 Å². The van der Waals surface area contributed by atoms with Gasteiger partial charge in [-0.1, -0.05) is 0 Å². The summed E-state index contributed by atoms with van der Waals surface area (Å²) in [5.41, 5.74) is 14.7. The Bertz CT molecular complexity index is 1020. The van der Waals surface area contributed by atoms with Crippen LogP contribution in [0.25, 0.3) is 10.2 Å². The molecule has 4 heterocycles. The van der Waals surface area contributed by atoms with Gasteiger partial charge in [-0.2, -0.15) is 0 Å². The van der Waals surface area contributed by atoms with Gasteiger partial charge in [0.15, 0.2) is 0 Å². The summed E-state index contributed by atoms with van der Waals surface area (Å²) < 4.78 is 6.00. The van der Waals surface area contributed by atoms with Crippen LogP contribution in [0.15, 0.2) is 30.7 Å². The summed E-state index contributed by atoms with van der Waals surface area (Å²) in [4.78, 5) is 23.7. The van der Waals surface area contributed by atoms with Crippen molar-refractivity contribution in [1.82, 2.24) is 9.97 Å². The first kappa shape index (κ1) is 18.5. The lowest BCUT2D eigenvalue weighted by Gasteiger charge is -2.33. The van der Waals surface area contributed by atoms with E-state index in [1.807, 2.05) is 12.1 Å². The van der Waals surface area contributed by atoms with Crippen molar-refractivity contribution in [2.24, 2.45) is 5.73 Å². The fraction of sp³-hybridized carbons (Fsp3) is 0.316. The average Bonchev–Trinajstić information content (AvgIpc) is 3.03. The van der Waals surface area contributed by atoms with Crippen LogP contribution >= 0.6 is 11.3 Å². The highest BCUT2D eigenvalue weighted by molar-refractivity contribution is 7.23. The van der Waals surface area contributed by atoms with E-state index < -0.39 is 0 Å². The Morgan fingerprint density at radius 3 is 3.07 bits per heavy atom. The smallest absolute Gasteiger partial charge is 0.260 e. The van der Waals surface area contributed by atoms with Crippen molar-refractivity contribution in [2.75, 3.05) is 36.1 Å². The van der Waals surface area contributed by atoms with Crippen molar-refractivity contribution in [3.8, 4) is 5.75 Å². The van der Waals surface area contributed by atoms with Gasteiger partial charge < -0.3 is 26.4 Å². The zero-order valence-electron chi connectivity index (χ0n) is 15.5. The highest BCUT2D eigenvalue weighted by Crippen LogP contribution is 2.35. The molecule has 3 aromatic rings. The molecule has 1 aliphatic heterocycles. The molecule has 1 amide bonds. The lowest BCUT2D eigenvalue weighted by molar-refractivity contribution is 0.102. The fourth-order valence-electron chi connectivity index (χ4n) is 3.48. The number of nitrogens with zero attached hydrogens (tertiary/aromatic N) is 3. The van der Waals surface area contributed by atoms with Gasteiger partial charge in [0, 0.05) is 31.4 Å². The van der Waals surface area contributed by atoms with Crippen molar-refractivity contribution in [2.45, 2.75) is 18.9 Å². The number of hydrogen-bond donors (Lipinski definition) is 3. The second kappa shape index (κ2) is 7.61. The normalized spacial score (nSPS) is 16.9. The maximum absolute atomic E-state index is 13.0. The third-order valence-corrected chi connectivity index (χ3v) is 5.79. The van der Waals surface area contributed by atoms with E-state index in [1.165, 1.54) is 11.3 Å². The molecule has 0 aromatic carbocycles. The molecule has 146 valence electrons. The summed E-state index contributed by atoms with van der Waals surface area (Å²) in [5, 5.41) is 3.37. The average molecular weight is 398 g/mol. The van der Waals surface area contributed by atoms with Crippen LogP contribution in [0, 0.1) is 0 Å². The number of nitrogens with two attached hydrogens (primary N) is 2. The number of nitrogens with one attached hydrogen (secondary N) is 1. The molecule has 4 rings (SSSR count). The number of methoxy groups -OCH3 is 1. The molecule has 0 spiro atoms. The SMILES string of the molecule is COc1cnc2c(C(=O)Nc3cnccc3N3CCCC(N)C3)c(N)sc2c1. The number of rotatable bonds is 4. The minimum atomic E-state index is -0.308. The Kier molecular flexibility index (Phi) is 5.01. The van der Waals surface area contributed by atoms with Crippen molar-refractivity contribution in [1.29, 1.82) is 0 Å². The number of piperidine rings is 1. The van der Waals surface area contributed by atoms with Crippen LogP contribution in [0.1, 0.15) is 23.2 Å². The first-order valence-corrected chi connectivity index (χ1v) is 9.86. The molecule has 9 heteroatoms. The molecule has 28 heavy (non-hydrogen) atoms. The highest BCUT2D eigenvalue weighted by Gasteiger charge is 2.23. The zero-order valence-corrected chi connectivity index (χ0v) is 16.3. The van der Waals surface area contributed by atoms with Gasteiger partial charge in [0.1, 0.15) is 16.3 Å². The Morgan fingerprint density at radius 1 is 1.43 bits per heavy atom. The number of aromatic nitrogens is 2. The molecular formula is C19H22N6O2S. The van der Waals surface area contributed by atoms with E-state index in [0.717, 1.165) is 36.3 Å². The van der Waals surface area contributed by atoms with Crippen molar-refractivity contribution >= 4 is 43.8 Å². The number of hydrogen-bond acceptors (Lipinski definition) is 8. The van der Waals surface area contributed by atoms with Gasteiger partial charge in [0.25, 0.3) is 5.91 Å². The van der Waals surface area contributed by atoms with Gasteiger partial charge in [-0.15, -0.1) is 11.3 Å². The molecule has 1 fully saturated rings. The molecule has 1 aliphatic rings. The molecule has 0 aliphatic carbocycles. The van der Waals surface area contributed by atoms with Crippen LogP contribution in [0.4, 0.5) is 16.4 Å².